The highest BCUT2D eigenvalue weighted by atomic mass is 16.5. The molecule has 2 aromatic rings. The van der Waals surface area contributed by atoms with Crippen LogP contribution in [0.4, 0.5) is 5.95 Å². The van der Waals surface area contributed by atoms with Crippen LogP contribution < -0.4 is 10.1 Å². The van der Waals surface area contributed by atoms with Gasteiger partial charge in [0.15, 0.2) is 5.65 Å². The molecule has 0 radical (unpaired) electrons. The number of nitrogens with one attached hydrogen (secondary N) is 1. The largest absolute Gasteiger partial charge is 0.481 e. The molecule has 0 saturated heterocycles. The van der Waals surface area contributed by atoms with E-state index in [9.17, 15) is 4.79 Å². The molecule has 0 bridgehead atoms. The zero-order valence-electron chi connectivity index (χ0n) is 13.3. The lowest BCUT2D eigenvalue weighted by Crippen LogP contribution is -2.23. The Morgan fingerprint density at radius 3 is 2.77 bits per heavy atom. The average Bonchev–Trinajstić information content (AvgIpc) is 2.73. The van der Waals surface area contributed by atoms with Crippen molar-refractivity contribution in [3.05, 3.63) is 12.1 Å². The van der Waals surface area contributed by atoms with Crippen LogP contribution in [0.5, 0.6) is 5.88 Å². The fourth-order valence-corrected chi connectivity index (χ4v) is 2.70. The maximum Gasteiger partial charge on any atom is 0.226 e. The first-order valence-electron chi connectivity index (χ1n) is 7.81. The molecule has 0 unspecified atom stereocenters. The number of carbonyl (C=O) groups is 1. The minimum atomic E-state index is -0.00200. The van der Waals surface area contributed by atoms with Crippen molar-refractivity contribution >= 4 is 23.0 Å². The Kier molecular flexibility index (Phi) is 4.00. The van der Waals surface area contributed by atoms with E-state index in [2.05, 4.69) is 19.9 Å². The first-order chi connectivity index (χ1) is 10.6. The van der Waals surface area contributed by atoms with E-state index in [0.29, 0.717) is 30.2 Å². The second-order valence-electron chi connectivity index (χ2n) is 6.23. The fraction of sp³-hybridized carbons (Fsp3) is 0.562. The van der Waals surface area contributed by atoms with Crippen LogP contribution in [0.3, 0.4) is 0 Å². The Bertz CT molecular complexity index is 689. The topological polar surface area (TPSA) is 69.0 Å². The van der Waals surface area contributed by atoms with Crippen LogP contribution in [-0.4, -0.2) is 27.6 Å². The summed E-state index contributed by atoms with van der Waals surface area (Å²) in [5.74, 6) is 1.48. The van der Waals surface area contributed by atoms with Gasteiger partial charge in [-0.3, -0.25) is 14.7 Å². The molecule has 1 aliphatic rings. The van der Waals surface area contributed by atoms with Gasteiger partial charge in [-0.25, -0.2) is 4.98 Å². The molecule has 118 valence electrons. The standard InChI is InChI=1S/C16H22N4O2/c1-10(2)9-13(21)18-16-17-12-7-8-14(22-3)19-15(12)20(16)11-5-4-6-11/h7-8,10-11H,4-6,9H2,1-3H3,(H,17,18,21). The molecule has 0 aromatic carbocycles. The van der Waals surface area contributed by atoms with E-state index in [-0.39, 0.29) is 5.91 Å². The van der Waals surface area contributed by atoms with Crippen molar-refractivity contribution in [1.82, 2.24) is 14.5 Å². The third-order valence-electron chi connectivity index (χ3n) is 4.01. The Hall–Kier alpha value is -2.11. The molecule has 0 aliphatic heterocycles. The summed E-state index contributed by atoms with van der Waals surface area (Å²) in [6, 6.07) is 4.04. The molecule has 1 N–H and O–H groups in total. The highest BCUT2D eigenvalue weighted by Gasteiger charge is 2.26. The third kappa shape index (κ3) is 2.77. The van der Waals surface area contributed by atoms with Gasteiger partial charge in [-0.15, -0.1) is 0 Å². The molecule has 2 heterocycles. The van der Waals surface area contributed by atoms with Gasteiger partial charge in [0.05, 0.1) is 7.11 Å². The van der Waals surface area contributed by atoms with E-state index in [1.807, 2.05) is 19.9 Å². The van der Waals surface area contributed by atoms with Crippen LogP contribution in [0.1, 0.15) is 45.6 Å². The highest BCUT2D eigenvalue weighted by Crippen LogP contribution is 2.37. The Balaban J connectivity index is 1.99. The van der Waals surface area contributed by atoms with E-state index in [1.165, 1.54) is 6.42 Å². The quantitative estimate of drug-likeness (QED) is 0.921. The van der Waals surface area contributed by atoms with Crippen molar-refractivity contribution in [3.63, 3.8) is 0 Å². The third-order valence-corrected chi connectivity index (χ3v) is 4.01. The monoisotopic (exact) mass is 302 g/mol. The number of aromatic nitrogens is 3. The smallest absolute Gasteiger partial charge is 0.226 e. The molecule has 1 aliphatic carbocycles. The first kappa shape index (κ1) is 14.8. The second kappa shape index (κ2) is 5.94. The number of hydrogen-bond donors (Lipinski definition) is 1. The minimum Gasteiger partial charge on any atom is -0.481 e. The maximum absolute atomic E-state index is 12.1. The van der Waals surface area contributed by atoms with Crippen molar-refractivity contribution in [2.75, 3.05) is 12.4 Å². The van der Waals surface area contributed by atoms with Gasteiger partial charge in [0.25, 0.3) is 0 Å². The number of rotatable bonds is 5. The summed E-state index contributed by atoms with van der Waals surface area (Å²) in [5.41, 5.74) is 1.57. The van der Waals surface area contributed by atoms with Gasteiger partial charge in [-0.1, -0.05) is 13.8 Å². The Morgan fingerprint density at radius 2 is 2.18 bits per heavy atom. The number of amides is 1. The van der Waals surface area contributed by atoms with Crippen LogP contribution in [0.25, 0.3) is 11.2 Å². The van der Waals surface area contributed by atoms with Gasteiger partial charge in [-0.05, 0) is 31.2 Å². The zero-order valence-corrected chi connectivity index (χ0v) is 13.3. The Labute approximate surface area is 129 Å². The average molecular weight is 302 g/mol. The first-order valence-corrected chi connectivity index (χ1v) is 7.81. The van der Waals surface area contributed by atoms with Gasteiger partial charge in [0.2, 0.25) is 17.7 Å². The molecule has 3 rings (SSSR count). The van der Waals surface area contributed by atoms with E-state index in [0.717, 1.165) is 24.0 Å². The summed E-state index contributed by atoms with van der Waals surface area (Å²) in [6.45, 7) is 4.06. The molecule has 1 amide bonds. The Morgan fingerprint density at radius 1 is 1.41 bits per heavy atom. The summed E-state index contributed by atoms with van der Waals surface area (Å²) < 4.78 is 7.27. The zero-order chi connectivity index (χ0) is 15.7. The number of nitrogens with zero attached hydrogens (tertiary/aromatic N) is 3. The van der Waals surface area contributed by atoms with E-state index < -0.39 is 0 Å². The molecule has 1 saturated carbocycles. The molecular weight excluding hydrogens is 280 g/mol. The van der Waals surface area contributed by atoms with Crippen LogP contribution in [0, 0.1) is 5.92 Å². The van der Waals surface area contributed by atoms with Crippen LogP contribution in [-0.2, 0) is 4.79 Å². The number of hydrogen-bond acceptors (Lipinski definition) is 4. The summed E-state index contributed by atoms with van der Waals surface area (Å²) >= 11 is 0. The van der Waals surface area contributed by atoms with E-state index in [4.69, 9.17) is 4.74 Å². The molecule has 6 nitrogen and oxygen atoms in total. The molecule has 22 heavy (non-hydrogen) atoms. The predicted octanol–water partition coefficient (Wildman–Crippen LogP) is 3.15. The molecule has 2 aromatic heterocycles. The maximum atomic E-state index is 12.1. The van der Waals surface area contributed by atoms with Crippen LogP contribution in [0.15, 0.2) is 12.1 Å². The molecule has 1 fully saturated rings. The number of anilines is 1. The lowest BCUT2D eigenvalue weighted by Gasteiger charge is -2.28. The molecule has 0 atom stereocenters. The van der Waals surface area contributed by atoms with E-state index in [1.54, 1.807) is 13.2 Å². The fourth-order valence-electron chi connectivity index (χ4n) is 2.70. The van der Waals surface area contributed by atoms with Crippen molar-refractivity contribution < 1.29 is 9.53 Å². The highest BCUT2D eigenvalue weighted by molar-refractivity contribution is 5.91. The van der Waals surface area contributed by atoms with Crippen LogP contribution in [0.2, 0.25) is 0 Å². The second-order valence-corrected chi connectivity index (χ2v) is 6.23. The van der Waals surface area contributed by atoms with Gasteiger partial charge >= 0.3 is 0 Å². The van der Waals surface area contributed by atoms with Crippen LogP contribution >= 0.6 is 0 Å². The normalized spacial score (nSPS) is 15.1. The lowest BCUT2D eigenvalue weighted by atomic mass is 9.93. The number of methoxy groups -OCH3 is 1. The predicted molar refractivity (Wildman–Crippen MR) is 85.1 cm³/mol. The summed E-state index contributed by atoms with van der Waals surface area (Å²) in [5, 5.41) is 2.95. The lowest BCUT2D eigenvalue weighted by molar-refractivity contribution is -0.116. The summed E-state index contributed by atoms with van der Waals surface area (Å²) in [6.07, 6.45) is 3.88. The van der Waals surface area contributed by atoms with Gasteiger partial charge < -0.3 is 4.74 Å². The van der Waals surface area contributed by atoms with Crippen molar-refractivity contribution in [2.24, 2.45) is 5.92 Å². The summed E-state index contributed by atoms with van der Waals surface area (Å²) in [7, 11) is 1.60. The number of ether oxygens (including phenoxy) is 1. The number of imidazole rings is 1. The van der Waals surface area contributed by atoms with Crippen molar-refractivity contribution in [2.45, 2.75) is 45.6 Å². The number of carbonyl (C=O) groups excluding carboxylic acids is 1. The number of pyridine rings is 1. The van der Waals surface area contributed by atoms with Crippen molar-refractivity contribution in [1.29, 1.82) is 0 Å². The SMILES string of the molecule is COc1ccc2nc(NC(=O)CC(C)C)n(C3CCC3)c2n1. The van der Waals surface area contributed by atoms with Crippen molar-refractivity contribution in [3.8, 4) is 5.88 Å². The minimum absolute atomic E-state index is 0.00200. The van der Waals surface area contributed by atoms with E-state index >= 15 is 0 Å². The molecule has 6 heteroatoms. The van der Waals surface area contributed by atoms with Gasteiger partial charge in [0.1, 0.15) is 5.52 Å². The van der Waals surface area contributed by atoms with Gasteiger partial charge in [-0.2, -0.15) is 4.98 Å². The molecule has 0 spiro atoms. The van der Waals surface area contributed by atoms with Gasteiger partial charge in [0, 0.05) is 18.5 Å². The molecular formula is C16H22N4O2. The number of fused-ring (bicyclic) bond motifs is 1. The summed E-state index contributed by atoms with van der Waals surface area (Å²) in [4.78, 5) is 21.2.